The number of amides is 2. The molecule has 0 spiro atoms. The van der Waals surface area contributed by atoms with Gasteiger partial charge in [0.25, 0.3) is 6.47 Å². The minimum Gasteiger partial charge on any atom is -0.483 e. The highest BCUT2D eigenvalue weighted by molar-refractivity contribution is 5.87. The van der Waals surface area contributed by atoms with E-state index in [2.05, 4.69) is 34.6 Å². The molecule has 146 valence electrons. The summed E-state index contributed by atoms with van der Waals surface area (Å²) < 4.78 is 35.7. The normalized spacial score (nSPS) is 22.7. The van der Waals surface area contributed by atoms with Crippen molar-refractivity contribution < 1.29 is 32.7 Å². The zero-order valence-corrected chi connectivity index (χ0v) is 15.2. The zero-order valence-electron chi connectivity index (χ0n) is 15.2. The second kappa shape index (κ2) is 9.05. The van der Waals surface area contributed by atoms with Gasteiger partial charge in [0.15, 0.2) is 0 Å². The van der Waals surface area contributed by atoms with Gasteiger partial charge < -0.3 is 15.3 Å². The fourth-order valence-corrected chi connectivity index (χ4v) is 2.70. The van der Waals surface area contributed by atoms with Gasteiger partial charge in [0.2, 0.25) is 5.91 Å². The molecular formula is C16H27F3N2O4. The Morgan fingerprint density at radius 3 is 1.92 bits per heavy atom. The Morgan fingerprint density at radius 2 is 1.60 bits per heavy atom. The summed E-state index contributed by atoms with van der Waals surface area (Å²) in [4.78, 5) is 32.0. The number of carbonyl (C=O) groups is 3. The molecule has 1 aliphatic heterocycles. The molecule has 2 amide bonds. The Hall–Kier alpha value is -1.80. The van der Waals surface area contributed by atoms with Crippen LogP contribution in [0.5, 0.6) is 0 Å². The van der Waals surface area contributed by atoms with Crippen LogP contribution in [0.25, 0.3) is 0 Å². The molecule has 1 aliphatic carbocycles. The maximum Gasteiger partial charge on any atom is 0.471 e. The Labute approximate surface area is 145 Å². The first-order valence-corrected chi connectivity index (χ1v) is 7.99. The van der Waals surface area contributed by atoms with Crippen molar-refractivity contribution in [2.45, 2.75) is 40.8 Å². The third kappa shape index (κ3) is 7.31. The van der Waals surface area contributed by atoms with Crippen molar-refractivity contribution in [3.05, 3.63) is 0 Å². The minimum atomic E-state index is -4.94. The lowest BCUT2D eigenvalue weighted by molar-refractivity contribution is -0.174. The molecule has 25 heavy (non-hydrogen) atoms. The highest BCUT2D eigenvalue weighted by atomic mass is 19.4. The average molecular weight is 368 g/mol. The summed E-state index contributed by atoms with van der Waals surface area (Å²) in [6.45, 7) is 11.1. The van der Waals surface area contributed by atoms with Gasteiger partial charge in [0.05, 0.1) is 6.54 Å². The molecule has 2 atom stereocenters. The topological polar surface area (TPSA) is 86.7 Å². The highest BCUT2D eigenvalue weighted by Gasteiger charge is 2.62. The van der Waals surface area contributed by atoms with Gasteiger partial charge in [-0.1, -0.05) is 34.6 Å². The van der Waals surface area contributed by atoms with E-state index in [0.717, 1.165) is 5.92 Å². The lowest BCUT2D eigenvalue weighted by Crippen LogP contribution is -2.44. The second-order valence-electron chi connectivity index (χ2n) is 7.35. The Kier molecular flexibility index (Phi) is 8.40. The molecule has 1 saturated heterocycles. The number of nitrogens with one attached hydrogen (secondary N) is 1. The van der Waals surface area contributed by atoms with Gasteiger partial charge >= 0.3 is 12.1 Å². The van der Waals surface area contributed by atoms with Crippen LogP contribution in [0.3, 0.4) is 0 Å². The van der Waals surface area contributed by atoms with Crippen molar-refractivity contribution in [3.8, 4) is 0 Å². The summed E-state index contributed by atoms with van der Waals surface area (Å²) in [7, 11) is 0. The van der Waals surface area contributed by atoms with E-state index in [0.29, 0.717) is 24.9 Å². The number of nitrogens with zero attached hydrogens (tertiary/aromatic N) is 1. The van der Waals surface area contributed by atoms with E-state index < -0.39 is 24.5 Å². The van der Waals surface area contributed by atoms with Gasteiger partial charge in [0, 0.05) is 13.1 Å². The molecule has 2 N–H and O–H groups in total. The zero-order chi connectivity index (χ0) is 20.0. The minimum absolute atomic E-state index is 0.242. The van der Waals surface area contributed by atoms with E-state index in [9.17, 15) is 22.8 Å². The molecule has 2 fully saturated rings. The Balaban J connectivity index is 0.000000708. The Bertz CT molecular complexity index is 462. The largest absolute Gasteiger partial charge is 0.483 e. The SMILES string of the molecule is CC(C)C.CC1(C)[C@@H]2CN(C(=O)CNC(=O)C(F)(F)F)C[C@@H]21.O=CO. The van der Waals surface area contributed by atoms with Crippen molar-refractivity contribution in [2.24, 2.45) is 23.2 Å². The van der Waals surface area contributed by atoms with Crippen LogP contribution in [-0.4, -0.2) is 54.1 Å². The van der Waals surface area contributed by atoms with Gasteiger partial charge in [0.1, 0.15) is 0 Å². The maximum absolute atomic E-state index is 11.9. The summed E-state index contributed by atoms with van der Waals surface area (Å²) >= 11 is 0. The molecule has 2 rings (SSSR count). The molecular weight excluding hydrogens is 341 g/mol. The van der Waals surface area contributed by atoms with Crippen molar-refractivity contribution in [2.75, 3.05) is 19.6 Å². The third-order valence-electron chi connectivity index (χ3n) is 4.13. The summed E-state index contributed by atoms with van der Waals surface area (Å²) in [5, 5.41) is 8.48. The highest BCUT2D eigenvalue weighted by Crippen LogP contribution is 2.61. The van der Waals surface area contributed by atoms with E-state index in [1.54, 1.807) is 5.32 Å². The van der Waals surface area contributed by atoms with Crippen LogP contribution in [0.4, 0.5) is 13.2 Å². The molecule has 0 aromatic heterocycles. The van der Waals surface area contributed by atoms with Gasteiger partial charge in [-0.3, -0.25) is 14.4 Å². The maximum atomic E-state index is 11.9. The number of carbonyl (C=O) groups excluding carboxylic acids is 2. The molecule has 0 aromatic rings. The second-order valence-corrected chi connectivity index (χ2v) is 7.35. The summed E-state index contributed by atoms with van der Waals surface area (Å²) in [6.07, 6.45) is -4.94. The lowest BCUT2D eigenvalue weighted by atomic mass is 10.1. The van der Waals surface area contributed by atoms with Crippen LogP contribution in [0.2, 0.25) is 0 Å². The number of hydrogen-bond acceptors (Lipinski definition) is 3. The number of carboxylic acid groups (broad SMARTS) is 1. The van der Waals surface area contributed by atoms with Crippen LogP contribution in [-0.2, 0) is 14.4 Å². The molecule has 1 heterocycles. The fraction of sp³-hybridized carbons (Fsp3) is 0.812. The first kappa shape index (κ1) is 23.2. The quantitative estimate of drug-likeness (QED) is 0.731. The molecule has 9 heteroatoms. The van der Waals surface area contributed by atoms with Gasteiger partial charge in [-0.05, 0) is 23.2 Å². The van der Waals surface area contributed by atoms with E-state index >= 15 is 0 Å². The van der Waals surface area contributed by atoms with Gasteiger partial charge in [-0.2, -0.15) is 13.2 Å². The van der Waals surface area contributed by atoms with Crippen molar-refractivity contribution in [1.82, 2.24) is 10.2 Å². The first-order chi connectivity index (χ1) is 11.3. The number of hydrogen-bond donors (Lipinski definition) is 2. The van der Waals surface area contributed by atoms with Crippen molar-refractivity contribution >= 4 is 18.3 Å². The number of fused-ring (bicyclic) bond motifs is 1. The summed E-state index contributed by atoms with van der Waals surface area (Å²) in [5.74, 6) is -0.796. The predicted octanol–water partition coefficient (Wildman–Crippen LogP) is 2.14. The number of alkyl halides is 3. The van der Waals surface area contributed by atoms with Crippen LogP contribution in [0.1, 0.15) is 34.6 Å². The molecule has 0 radical (unpaired) electrons. The molecule has 2 aliphatic rings. The molecule has 0 unspecified atom stereocenters. The number of likely N-dealkylation sites (tertiary alicyclic amines) is 1. The smallest absolute Gasteiger partial charge is 0.471 e. The van der Waals surface area contributed by atoms with Crippen LogP contribution < -0.4 is 5.32 Å². The molecule has 6 nitrogen and oxygen atoms in total. The molecule has 0 bridgehead atoms. The number of piperidine rings is 1. The van der Waals surface area contributed by atoms with Crippen molar-refractivity contribution in [1.29, 1.82) is 0 Å². The van der Waals surface area contributed by atoms with Crippen LogP contribution in [0.15, 0.2) is 0 Å². The van der Waals surface area contributed by atoms with E-state index in [-0.39, 0.29) is 11.9 Å². The fourth-order valence-electron chi connectivity index (χ4n) is 2.70. The number of rotatable bonds is 2. The lowest BCUT2D eigenvalue weighted by Gasteiger charge is -2.22. The summed E-state index contributed by atoms with van der Waals surface area (Å²) in [6, 6.07) is 0. The van der Waals surface area contributed by atoms with E-state index in [4.69, 9.17) is 9.90 Å². The van der Waals surface area contributed by atoms with E-state index in [1.165, 1.54) is 4.90 Å². The average Bonchev–Trinajstić information content (AvgIpc) is 2.82. The first-order valence-electron chi connectivity index (χ1n) is 7.99. The van der Waals surface area contributed by atoms with Gasteiger partial charge in [-0.15, -0.1) is 0 Å². The predicted molar refractivity (Wildman–Crippen MR) is 85.6 cm³/mol. The monoisotopic (exact) mass is 368 g/mol. The van der Waals surface area contributed by atoms with Crippen LogP contribution >= 0.6 is 0 Å². The summed E-state index contributed by atoms with van der Waals surface area (Å²) in [5.41, 5.74) is 0.242. The Morgan fingerprint density at radius 1 is 1.24 bits per heavy atom. The molecule has 0 aromatic carbocycles. The third-order valence-corrected chi connectivity index (χ3v) is 4.13. The van der Waals surface area contributed by atoms with Crippen molar-refractivity contribution in [3.63, 3.8) is 0 Å². The van der Waals surface area contributed by atoms with E-state index in [1.807, 2.05) is 0 Å². The molecule has 1 saturated carbocycles. The van der Waals surface area contributed by atoms with Gasteiger partial charge in [-0.25, -0.2) is 0 Å². The van der Waals surface area contributed by atoms with Crippen LogP contribution in [0, 0.1) is 23.2 Å². The number of halogens is 3. The standard InChI is InChI=1S/C11H15F3N2O2.C4H10.CH2O2/c1-10(2)6-4-16(5-7(6)10)8(17)3-15-9(18)11(12,13)14;1-4(2)3;2-1-3/h6-7H,3-5H2,1-2H3,(H,15,18);4H,1-3H3;1H,(H,2,3)/t6-,7+;;.